The second-order valence-electron chi connectivity index (χ2n) is 5.15. The summed E-state index contributed by atoms with van der Waals surface area (Å²) in [4.78, 5) is 11.8. The first-order chi connectivity index (χ1) is 10.9. The fourth-order valence-corrected chi connectivity index (χ4v) is 1.92. The third-order valence-corrected chi connectivity index (χ3v) is 3.75. The van der Waals surface area contributed by atoms with Crippen LogP contribution in [0.1, 0.15) is 20.3 Å². The number of nitrogens with one attached hydrogen (secondary N) is 2. The minimum Gasteiger partial charge on any atom is -0.346 e. The van der Waals surface area contributed by atoms with Gasteiger partial charge in [-0.3, -0.25) is 4.79 Å². The van der Waals surface area contributed by atoms with Crippen LogP contribution in [-0.2, 0) is 4.79 Å². The van der Waals surface area contributed by atoms with Gasteiger partial charge in [-0.1, -0.05) is 37.6 Å². The van der Waals surface area contributed by atoms with Crippen LogP contribution in [0.2, 0.25) is 5.02 Å². The highest BCUT2D eigenvalue weighted by Gasteiger charge is 2.72. The maximum Gasteiger partial charge on any atom is 0.439 e. The molecule has 0 heterocycles. The maximum absolute atomic E-state index is 13.4. The average Bonchev–Trinajstić information content (AvgIpc) is 2.45. The molecule has 0 radical (unpaired) electrons. The van der Waals surface area contributed by atoms with Gasteiger partial charge in [-0.2, -0.15) is 26.3 Å². The van der Waals surface area contributed by atoms with Gasteiger partial charge in [0.2, 0.25) is 5.91 Å². The smallest absolute Gasteiger partial charge is 0.346 e. The van der Waals surface area contributed by atoms with Gasteiger partial charge in [-0.05, 0) is 18.6 Å². The van der Waals surface area contributed by atoms with Gasteiger partial charge >= 0.3 is 18.0 Å². The van der Waals surface area contributed by atoms with E-state index in [-0.39, 0.29) is 11.4 Å². The van der Waals surface area contributed by atoms with Gasteiger partial charge in [0.15, 0.2) is 0 Å². The lowest BCUT2D eigenvalue weighted by molar-refractivity contribution is -0.296. The maximum atomic E-state index is 13.4. The van der Waals surface area contributed by atoms with Crippen LogP contribution in [0.4, 0.5) is 32.0 Å². The van der Waals surface area contributed by atoms with Crippen molar-refractivity contribution in [3.8, 4) is 0 Å². The monoisotopic (exact) mass is 376 g/mol. The van der Waals surface area contributed by atoms with Crippen LogP contribution >= 0.6 is 11.6 Å². The molecule has 0 unspecified atom stereocenters. The van der Waals surface area contributed by atoms with Gasteiger partial charge in [-0.25, -0.2) is 0 Å². The Hall–Kier alpha value is -1.64. The van der Waals surface area contributed by atoms with Crippen molar-refractivity contribution in [3.63, 3.8) is 0 Å². The Labute approximate surface area is 139 Å². The molecule has 0 spiro atoms. The third-order valence-electron chi connectivity index (χ3n) is 3.42. The zero-order valence-corrected chi connectivity index (χ0v) is 13.4. The number of anilines is 1. The summed E-state index contributed by atoms with van der Waals surface area (Å²) in [7, 11) is 0. The summed E-state index contributed by atoms with van der Waals surface area (Å²) in [6.45, 7) is 2.69. The molecule has 1 aromatic rings. The SMILES string of the molecule is CC[C@@H](C)C(=O)NC(Nc1ccccc1Cl)(C(F)(F)F)C(F)(F)F. The first-order valence-corrected chi connectivity index (χ1v) is 7.21. The van der Waals surface area contributed by atoms with Crippen molar-refractivity contribution in [2.75, 3.05) is 5.32 Å². The predicted molar refractivity (Wildman–Crippen MR) is 77.5 cm³/mol. The normalized spacial score (nSPS) is 14.2. The number of alkyl halides is 6. The van der Waals surface area contributed by atoms with Crippen molar-refractivity contribution >= 4 is 23.2 Å². The average molecular weight is 377 g/mol. The molecular weight excluding hydrogens is 362 g/mol. The Morgan fingerprint density at radius 2 is 1.62 bits per heavy atom. The summed E-state index contributed by atoms with van der Waals surface area (Å²) in [6.07, 6.45) is -11.7. The Bertz CT molecular complexity index is 573. The molecule has 0 aliphatic rings. The largest absolute Gasteiger partial charge is 0.439 e. The Morgan fingerprint density at radius 1 is 1.12 bits per heavy atom. The number of halogens is 7. The molecule has 0 aromatic heterocycles. The third kappa shape index (κ3) is 4.06. The second kappa shape index (κ2) is 7.08. The Kier molecular flexibility index (Phi) is 6.02. The number of rotatable bonds is 5. The van der Waals surface area contributed by atoms with E-state index < -0.39 is 35.5 Å². The van der Waals surface area contributed by atoms with Crippen molar-refractivity contribution in [3.05, 3.63) is 29.3 Å². The number of carbonyl (C=O) groups excluding carboxylic acids is 1. The molecule has 0 aliphatic heterocycles. The summed E-state index contributed by atoms with van der Waals surface area (Å²) in [6, 6.07) is 4.62. The van der Waals surface area contributed by atoms with Crippen molar-refractivity contribution in [1.29, 1.82) is 0 Å². The van der Waals surface area contributed by atoms with E-state index in [2.05, 4.69) is 0 Å². The molecule has 10 heteroatoms. The predicted octanol–water partition coefficient (Wildman–Crippen LogP) is 4.74. The van der Waals surface area contributed by atoms with Gasteiger partial charge in [0.25, 0.3) is 0 Å². The molecule has 2 N–H and O–H groups in total. The number of para-hydroxylation sites is 1. The number of hydrogen-bond acceptors (Lipinski definition) is 2. The van der Waals surface area contributed by atoms with Gasteiger partial charge in [-0.15, -0.1) is 0 Å². The molecule has 1 atom stereocenters. The van der Waals surface area contributed by atoms with Gasteiger partial charge < -0.3 is 10.6 Å². The lowest BCUT2D eigenvalue weighted by atomic mass is 10.0. The zero-order chi connectivity index (χ0) is 18.8. The van der Waals surface area contributed by atoms with Crippen molar-refractivity contribution < 1.29 is 31.1 Å². The highest BCUT2D eigenvalue weighted by Crippen LogP contribution is 2.44. The summed E-state index contributed by atoms with van der Waals surface area (Å²) in [5.74, 6) is -2.42. The lowest BCUT2D eigenvalue weighted by Crippen LogP contribution is -2.72. The molecule has 0 saturated carbocycles. The number of hydrogen-bond donors (Lipinski definition) is 2. The molecule has 0 saturated heterocycles. The van der Waals surface area contributed by atoms with Crippen LogP contribution in [-0.4, -0.2) is 23.9 Å². The van der Waals surface area contributed by atoms with E-state index in [4.69, 9.17) is 11.6 Å². The minimum atomic E-state index is -5.87. The van der Waals surface area contributed by atoms with Crippen LogP contribution in [0, 0.1) is 5.92 Å². The van der Waals surface area contributed by atoms with E-state index in [9.17, 15) is 31.1 Å². The quantitative estimate of drug-likeness (QED) is 0.576. The van der Waals surface area contributed by atoms with Crippen molar-refractivity contribution in [2.45, 2.75) is 38.3 Å². The fourth-order valence-electron chi connectivity index (χ4n) is 1.73. The van der Waals surface area contributed by atoms with E-state index >= 15 is 0 Å². The summed E-state index contributed by atoms with van der Waals surface area (Å²) >= 11 is 5.65. The van der Waals surface area contributed by atoms with Gasteiger partial charge in [0.1, 0.15) is 0 Å². The minimum absolute atomic E-state index is 0.0731. The van der Waals surface area contributed by atoms with E-state index in [1.165, 1.54) is 31.3 Å². The Morgan fingerprint density at radius 3 is 2.04 bits per heavy atom. The van der Waals surface area contributed by atoms with E-state index in [1.54, 1.807) is 0 Å². The van der Waals surface area contributed by atoms with E-state index in [0.717, 1.165) is 17.4 Å². The first kappa shape index (κ1) is 20.4. The van der Waals surface area contributed by atoms with Crippen LogP contribution in [0.3, 0.4) is 0 Å². The Balaban J connectivity index is 3.43. The number of carbonyl (C=O) groups is 1. The molecule has 1 rings (SSSR count). The summed E-state index contributed by atoms with van der Waals surface area (Å²) in [5, 5.41) is 2.06. The first-order valence-electron chi connectivity index (χ1n) is 6.84. The van der Waals surface area contributed by atoms with Crippen LogP contribution in [0.5, 0.6) is 0 Å². The lowest BCUT2D eigenvalue weighted by Gasteiger charge is -2.39. The molecule has 0 fully saturated rings. The van der Waals surface area contributed by atoms with Crippen molar-refractivity contribution in [2.24, 2.45) is 5.92 Å². The van der Waals surface area contributed by atoms with E-state index in [0.29, 0.717) is 0 Å². The number of benzene rings is 1. The zero-order valence-electron chi connectivity index (χ0n) is 12.6. The van der Waals surface area contributed by atoms with Gasteiger partial charge in [0.05, 0.1) is 10.7 Å². The van der Waals surface area contributed by atoms with Gasteiger partial charge in [0, 0.05) is 5.92 Å². The molecule has 3 nitrogen and oxygen atoms in total. The molecule has 136 valence electrons. The molecule has 1 amide bonds. The highest BCUT2D eigenvalue weighted by atomic mass is 35.5. The molecular formula is C14H15ClF6N2O. The fraction of sp³-hybridized carbons (Fsp3) is 0.500. The highest BCUT2D eigenvalue weighted by molar-refractivity contribution is 6.33. The summed E-state index contributed by atoms with van der Waals surface area (Å²) in [5.41, 5.74) is -5.27. The molecule has 1 aromatic carbocycles. The molecule has 24 heavy (non-hydrogen) atoms. The summed E-state index contributed by atoms with van der Waals surface area (Å²) < 4.78 is 80.3. The molecule has 0 bridgehead atoms. The molecule has 0 aliphatic carbocycles. The standard InChI is InChI=1S/C14H15ClF6N2O/c1-3-8(2)11(24)23-12(13(16,17)18,14(19,20)21)22-10-7-5-4-6-9(10)15/h4-8,22H,3H2,1-2H3,(H,23,24)/t8-/m1/s1. The second-order valence-corrected chi connectivity index (χ2v) is 5.56. The van der Waals surface area contributed by atoms with Crippen LogP contribution in [0.15, 0.2) is 24.3 Å². The van der Waals surface area contributed by atoms with Crippen LogP contribution in [0.25, 0.3) is 0 Å². The number of amides is 1. The topological polar surface area (TPSA) is 41.1 Å². The van der Waals surface area contributed by atoms with Crippen LogP contribution < -0.4 is 10.6 Å². The van der Waals surface area contributed by atoms with Crippen molar-refractivity contribution in [1.82, 2.24) is 5.32 Å². The van der Waals surface area contributed by atoms with E-state index in [1.807, 2.05) is 0 Å².